The molecule has 3 aromatic rings. The van der Waals surface area contributed by atoms with Gasteiger partial charge in [-0.2, -0.15) is 0 Å². The molecule has 0 saturated heterocycles. The van der Waals surface area contributed by atoms with E-state index in [0.29, 0.717) is 0 Å². The Kier molecular flexibility index (Phi) is 3.65. The summed E-state index contributed by atoms with van der Waals surface area (Å²) >= 11 is 0. The smallest absolute Gasteiger partial charge is 0.247 e. The van der Waals surface area contributed by atoms with Crippen LogP contribution in [0.15, 0.2) is 60.9 Å². The quantitative estimate of drug-likeness (QED) is 0.677. The molecule has 4 rings (SSSR count). The molecule has 24 heavy (non-hydrogen) atoms. The number of hydrogen-bond donors (Lipinski definition) is 0. The molecule has 1 aliphatic heterocycles. The van der Waals surface area contributed by atoms with Gasteiger partial charge in [0, 0.05) is 42.6 Å². The summed E-state index contributed by atoms with van der Waals surface area (Å²) in [6.07, 6.45) is 7.43. The SMILES string of the molecule is C[C@H]1c2cccn2CCN1C(=O)/C=C/c1ccnc2ccccc12. The maximum Gasteiger partial charge on any atom is 0.247 e. The minimum absolute atomic E-state index is 0.0517. The van der Waals surface area contributed by atoms with E-state index in [1.807, 2.05) is 47.4 Å². The Hall–Kier alpha value is -2.88. The molecule has 1 aliphatic rings. The molecular weight excluding hydrogens is 298 g/mol. The number of amides is 1. The zero-order valence-electron chi connectivity index (χ0n) is 13.6. The van der Waals surface area contributed by atoms with Crippen LogP contribution in [0.2, 0.25) is 0 Å². The van der Waals surface area contributed by atoms with Gasteiger partial charge in [-0.1, -0.05) is 18.2 Å². The van der Waals surface area contributed by atoms with Gasteiger partial charge in [-0.15, -0.1) is 0 Å². The molecule has 3 heterocycles. The summed E-state index contributed by atoms with van der Waals surface area (Å²) in [5, 5.41) is 1.06. The zero-order valence-corrected chi connectivity index (χ0v) is 13.6. The van der Waals surface area contributed by atoms with Crippen LogP contribution in [0.4, 0.5) is 0 Å². The molecule has 0 aliphatic carbocycles. The number of rotatable bonds is 2. The van der Waals surface area contributed by atoms with Crippen LogP contribution in [-0.4, -0.2) is 26.9 Å². The first-order chi connectivity index (χ1) is 11.7. The number of carbonyl (C=O) groups is 1. The first-order valence-corrected chi connectivity index (χ1v) is 8.21. The first kappa shape index (κ1) is 14.7. The molecule has 120 valence electrons. The molecule has 0 saturated carbocycles. The second kappa shape index (κ2) is 5.96. The minimum Gasteiger partial charge on any atom is -0.348 e. The van der Waals surface area contributed by atoms with Gasteiger partial charge < -0.3 is 9.47 Å². The molecule has 0 spiro atoms. The number of benzene rings is 1. The molecule has 0 N–H and O–H groups in total. The predicted molar refractivity (Wildman–Crippen MR) is 95.3 cm³/mol. The Balaban J connectivity index is 1.59. The molecule has 4 nitrogen and oxygen atoms in total. The number of nitrogens with zero attached hydrogens (tertiary/aromatic N) is 3. The Morgan fingerprint density at radius 2 is 2.04 bits per heavy atom. The third-order valence-electron chi connectivity index (χ3n) is 4.71. The van der Waals surface area contributed by atoms with Gasteiger partial charge in [-0.05, 0) is 42.8 Å². The zero-order chi connectivity index (χ0) is 16.5. The number of hydrogen-bond acceptors (Lipinski definition) is 2. The number of carbonyl (C=O) groups excluding carboxylic acids is 1. The topological polar surface area (TPSA) is 38.1 Å². The molecular formula is C20H19N3O. The fourth-order valence-corrected chi connectivity index (χ4v) is 3.40. The lowest BCUT2D eigenvalue weighted by molar-refractivity contribution is -0.129. The van der Waals surface area contributed by atoms with Crippen molar-refractivity contribution in [1.29, 1.82) is 0 Å². The van der Waals surface area contributed by atoms with Gasteiger partial charge in [-0.3, -0.25) is 9.78 Å². The maximum atomic E-state index is 12.7. The first-order valence-electron chi connectivity index (χ1n) is 8.21. The molecule has 2 aromatic heterocycles. The summed E-state index contributed by atoms with van der Waals surface area (Å²) < 4.78 is 2.22. The summed E-state index contributed by atoms with van der Waals surface area (Å²) in [7, 11) is 0. The van der Waals surface area contributed by atoms with E-state index >= 15 is 0 Å². The third kappa shape index (κ3) is 2.50. The van der Waals surface area contributed by atoms with E-state index in [-0.39, 0.29) is 11.9 Å². The number of fused-ring (bicyclic) bond motifs is 2. The summed E-state index contributed by atoms with van der Waals surface area (Å²) in [6, 6.07) is 14.1. The molecule has 4 heteroatoms. The minimum atomic E-state index is 0.0517. The second-order valence-corrected chi connectivity index (χ2v) is 6.08. The van der Waals surface area contributed by atoms with Crippen LogP contribution in [0.1, 0.15) is 24.2 Å². The monoisotopic (exact) mass is 317 g/mol. The van der Waals surface area contributed by atoms with E-state index in [0.717, 1.165) is 29.6 Å². The maximum absolute atomic E-state index is 12.7. The summed E-state index contributed by atoms with van der Waals surface area (Å²) in [5.41, 5.74) is 3.15. The lowest BCUT2D eigenvalue weighted by atomic mass is 10.1. The Labute approximate surface area is 141 Å². The van der Waals surface area contributed by atoms with Crippen LogP contribution in [0.3, 0.4) is 0 Å². The van der Waals surface area contributed by atoms with Crippen LogP contribution in [0.5, 0.6) is 0 Å². The Morgan fingerprint density at radius 3 is 2.96 bits per heavy atom. The lowest BCUT2D eigenvalue weighted by Gasteiger charge is -2.34. The molecule has 1 aromatic carbocycles. The number of aromatic nitrogens is 2. The van der Waals surface area contributed by atoms with E-state index in [2.05, 4.69) is 28.7 Å². The third-order valence-corrected chi connectivity index (χ3v) is 4.71. The van der Waals surface area contributed by atoms with Crippen molar-refractivity contribution in [3.63, 3.8) is 0 Å². The van der Waals surface area contributed by atoms with E-state index in [4.69, 9.17) is 0 Å². The van der Waals surface area contributed by atoms with Crippen LogP contribution in [0, 0.1) is 0 Å². The molecule has 1 amide bonds. The van der Waals surface area contributed by atoms with Gasteiger partial charge in [0.2, 0.25) is 5.91 Å². The summed E-state index contributed by atoms with van der Waals surface area (Å²) in [6.45, 7) is 3.67. The molecule has 1 atom stereocenters. The van der Waals surface area contributed by atoms with Crippen molar-refractivity contribution in [3.8, 4) is 0 Å². The average molecular weight is 317 g/mol. The predicted octanol–water partition coefficient (Wildman–Crippen LogP) is 3.65. The van der Waals surface area contributed by atoms with Crippen molar-refractivity contribution in [2.45, 2.75) is 19.5 Å². The molecule has 0 fully saturated rings. The highest BCUT2D eigenvalue weighted by Gasteiger charge is 2.25. The van der Waals surface area contributed by atoms with Crippen molar-refractivity contribution in [2.75, 3.05) is 6.54 Å². The van der Waals surface area contributed by atoms with Crippen molar-refractivity contribution < 1.29 is 4.79 Å². The van der Waals surface area contributed by atoms with Crippen molar-refractivity contribution in [2.24, 2.45) is 0 Å². The highest BCUT2D eigenvalue weighted by atomic mass is 16.2. The highest BCUT2D eigenvalue weighted by molar-refractivity contribution is 5.95. The van der Waals surface area contributed by atoms with Gasteiger partial charge >= 0.3 is 0 Å². The van der Waals surface area contributed by atoms with Crippen LogP contribution >= 0.6 is 0 Å². The fourth-order valence-electron chi connectivity index (χ4n) is 3.40. The van der Waals surface area contributed by atoms with Crippen molar-refractivity contribution in [3.05, 3.63) is 72.2 Å². The summed E-state index contributed by atoms with van der Waals surface area (Å²) in [5.74, 6) is 0.0517. The molecule has 0 bridgehead atoms. The van der Waals surface area contributed by atoms with E-state index in [1.54, 1.807) is 12.3 Å². The molecule has 0 radical (unpaired) electrons. The van der Waals surface area contributed by atoms with Gasteiger partial charge in [0.1, 0.15) is 0 Å². The van der Waals surface area contributed by atoms with Crippen LogP contribution < -0.4 is 0 Å². The van der Waals surface area contributed by atoms with Gasteiger partial charge in [-0.25, -0.2) is 0 Å². The average Bonchev–Trinajstić information content (AvgIpc) is 3.09. The van der Waals surface area contributed by atoms with Crippen LogP contribution in [0.25, 0.3) is 17.0 Å². The van der Waals surface area contributed by atoms with Crippen molar-refractivity contribution in [1.82, 2.24) is 14.5 Å². The Bertz CT molecular complexity index is 920. The van der Waals surface area contributed by atoms with Gasteiger partial charge in [0.05, 0.1) is 11.6 Å². The fraction of sp³-hybridized carbons (Fsp3) is 0.200. The lowest BCUT2D eigenvalue weighted by Crippen LogP contribution is -2.39. The van der Waals surface area contributed by atoms with E-state index < -0.39 is 0 Å². The second-order valence-electron chi connectivity index (χ2n) is 6.08. The Morgan fingerprint density at radius 1 is 1.17 bits per heavy atom. The molecule has 0 unspecified atom stereocenters. The number of para-hydroxylation sites is 1. The largest absolute Gasteiger partial charge is 0.348 e. The van der Waals surface area contributed by atoms with E-state index in [9.17, 15) is 4.79 Å². The summed E-state index contributed by atoms with van der Waals surface area (Å²) in [4.78, 5) is 18.9. The normalized spacial score (nSPS) is 17.4. The van der Waals surface area contributed by atoms with Gasteiger partial charge in [0.15, 0.2) is 0 Å². The van der Waals surface area contributed by atoms with E-state index in [1.165, 1.54) is 5.69 Å². The standard InChI is InChI=1S/C20H19N3O/c1-15-19-7-4-12-22(19)13-14-23(15)20(24)9-8-16-10-11-21-18-6-3-2-5-17(16)18/h2-12,15H,13-14H2,1H3/b9-8+/t15-/m0/s1. The highest BCUT2D eigenvalue weighted by Crippen LogP contribution is 2.26. The van der Waals surface area contributed by atoms with Crippen molar-refractivity contribution >= 4 is 22.9 Å². The van der Waals surface area contributed by atoms with Crippen LogP contribution in [-0.2, 0) is 11.3 Å². The van der Waals surface area contributed by atoms with Gasteiger partial charge in [0.25, 0.3) is 0 Å². The number of pyridine rings is 1.